The van der Waals surface area contributed by atoms with Crippen LogP contribution >= 0.6 is 0 Å². The van der Waals surface area contributed by atoms with E-state index in [0.29, 0.717) is 13.2 Å². The third-order valence-corrected chi connectivity index (χ3v) is 4.69. The number of nitrogens with zero attached hydrogens (tertiary/aromatic N) is 2. The summed E-state index contributed by atoms with van der Waals surface area (Å²) in [6.07, 6.45) is 4.22. The maximum absolute atomic E-state index is 12.8. The smallest absolute Gasteiger partial charge is 0.228 e. The van der Waals surface area contributed by atoms with Crippen molar-refractivity contribution in [1.82, 2.24) is 9.88 Å². The van der Waals surface area contributed by atoms with Crippen LogP contribution in [0.4, 0.5) is 0 Å². The summed E-state index contributed by atoms with van der Waals surface area (Å²) in [5, 5.41) is 0. The number of aromatic nitrogens is 1. The quantitative estimate of drug-likeness (QED) is 0.912. The maximum atomic E-state index is 12.8. The molecule has 2 aliphatic rings. The third kappa shape index (κ3) is 2.45. The normalized spacial score (nSPS) is 31.0. The zero-order valence-corrected chi connectivity index (χ0v) is 12.7. The van der Waals surface area contributed by atoms with Crippen molar-refractivity contribution in [2.75, 3.05) is 19.7 Å². The number of rotatable bonds is 3. The van der Waals surface area contributed by atoms with Crippen molar-refractivity contribution in [3.8, 4) is 0 Å². The molecule has 3 heterocycles. The van der Waals surface area contributed by atoms with E-state index in [9.17, 15) is 4.79 Å². The van der Waals surface area contributed by atoms with Crippen LogP contribution in [0.1, 0.15) is 31.9 Å². The zero-order chi connectivity index (χ0) is 15.0. The summed E-state index contributed by atoms with van der Waals surface area (Å²) >= 11 is 0. The molecule has 2 fully saturated rings. The highest BCUT2D eigenvalue weighted by Crippen LogP contribution is 2.49. The Morgan fingerprint density at radius 3 is 2.81 bits per heavy atom. The molecule has 3 rings (SSSR count). The minimum atomic E-state index is -0.126. The van der Waals surface area contributed by atoms with Crippen molar-refractivity contribution in [3.05, 3.63) is 30.1 Å². The van der Waals surface area contributed by atoms with Crippen LogP contribution in [-0.4, -0.2) is 41.6 Å². The molecule has 3 atom stereocenters. The van der Waals surface area contributed by atoms with E-state index >= 15 is 0 Å². The summed E-state index contributed by atoms with van der Waals surface area (Å²) in [5.74, 6) is 0.0968. The molecule has 114 valence electrons. The van der Waals surface area contributed by atoms with Crippen molar-refractivity contribution in [3.63, 3.8) is 0 Å². The average molecular weight is 289 g/mol. The van der Waals surface area contributed by atoms with Gasteiger partial charge in [-0.05, 0) is 24.1 Å². The third-order valence-electron chi connectivity index (χ3n) is 4.69. The number of amides is 1. The lowest BCUT2D eigenvalue weighted by Crippen LogP contribution is -2.60. The summed E-state index contributed by atoms with van der Waals surface area (Å²) in [4.78, 5) is 18.9. The van der Waals surface area contributed by atoms with Crippen molar-refractivity contribution in [2.45, 2.75) is 32.4 Å². The second kappa shape index (κ2) is 5.39. The number of ether oxygens (including phenoxy) is 1. The Morgan fingerprint density at radius 1 is 1.48 bits per heavy atom. The second-order valence-corrected chi connectivity index (χ2v) is 6.68. The molecule has 2 aliphatic heterocycles. The van der Waals surface area contributed by atoms with Gasteiger partial charge in [0.2, 0.25) is 5.91 Å². The monoisotopic (exact) mass is 289 g/mol. The van der Waals surface area contributed by atoms with E-state index in [0.717, 1.165) is 18.5 Å². The van der Waals surface area contributed by atoms with Gasteiger partial charge in [0.05, 0.1) is 18.1 Å². The van der Waals surface area contributed by atoms with Gasteiger partial charge in [0, 0.05) is 37.5 Å². The van der Waals surface area contributed by atoms with Crippen LogP contribution in [0.25, 0.3) is 0 Å². The van der Waals surface area contributed by atoms with E-state index in [-0.39, 0.29) is 29.4 Å². The first kappa shape index (κ1) is 14.5. The molecular weight excluding hydrogens is 266 g/mol. The Bertz CT molecular complexity index is 518. The van der Waals surface area contributed by atoms with Crippen molar-refractivity contribution < 1.29 is 9.53 Å². The van der Waals surface area contributed by atoms with Gasteiger partial charge in [-0.2, -0.15) is 0 Å². The Kier molecular flexibility index (Phi) is 3.71. The molecule has 2 N–H and O–H groups in total. The summed E-state index contributed by atoms with van der Waals surface area (Å²) in [5.41, 5.74) is 6.96. The molecule has 0 bridgehead atoms. The van der Waals surface area contributed by atoms with Gasteiger partial charge in [0.15, 0.2) is 0 Å². The fraction of sp³-hybridized carbons (Fsp3) is 0.625. The van der Waals surface area contributed by atoms with E-state index in [4.69, 9.17) is 10.5 Å². The minimum absolute atomic E-state index is 0.0876. The number of pyridine rings is 1. The van der Waals surface area contributed by atoms with Gasteiger partial charge in [-0.15, -0.1) is 0 Å². The molecule has 5 heteroatoms. The van der Waals surface area contributed by atoms with Gasteiger partial charge >= 0.3 is 0 Å². The molecule has 0 aliphatic carbocycles. The molecular formula is C16H23N3O2. The van der Waals surface area contributed by atoms with Crippen LogP contribution < -0.4 is 5.73 Å². The Labute approximate surface area is 125 Å². The van der Waals surface area contributed by atoms with E-state index in [2.05, 4.69) is 18.8 Å². The first-order chi connectivity index (χ1) is 10.0. The predicted octanol–water partition coefficient (Wildman–Crippen LogP) is 1.35. The van der Waals surface area contributed by atoms with Gasteiger partial charge in [-0.25, -0.2) is 0 Å². The molecule has 0 saturated carbocycles. The summed E-state index contributed by atoms with van der Waals surface area (Å²) in [6.45, 7) is 6.23. The number of likely N-dealkylation sites (tertiary alicyclic amines) is 1. The van der Waals surface area contributed by atoms with E-state index < -0.39 is 0 Å². The molecule has 1 aromatic heterocycles. The van der Waals surface area contributed by atoms with Gasteiger partial charge in [0.1, 0.15) is 0 Å². The molecule has 0 spiro atoms. The van der Waals surface area contributed by atoms with E-state index in [1.807, 2.05) is 17.0 Å². The van der Waals surface area contributed by atoms with Crippen LogP contribution in [0, 0.1) is 11.3 Å². The van der Waals surface area contributed by atoms with Gasteiger partial charge in [-0.1, -0.05) is 13.8 Å². The molecule has 3 unspecified atom stereocenters. The lowest BCUT2D eigenvalue weighted by molar-refractivity contribution is -0.158. The fourth-order valence-electron chi connectivity index (χ4n) is 3.68. The minimum Gasteiger partial charge on any atom is -0.376 e. The number of nitrogens with two attached hydrogens (primary N) is 1. The zero-order valence-electron chi connectivity index (χ0n) is 12.7. The Morgan fingerprint density at radius 2 is 2.19 bits per heavy atom. The van der Waals surface area contributed by atoms with Crippen molar-refractivity contribution in [2.24, 2.45) is 17.1 Å². The highest BCUT2D eigenvalue weighted by atomic mass is 16.5. The van der Waals surface area contributed by atoms with Crippen LogP contribution in [0.3, 0.4) is 0 Å². The van der Waals surface area contributed by atoms with Crippen LogP contribution in [0.2, 0.25) is 0 Å². The standard InChI is InChI=1S/C16H23N3O2/c1-16(2)10-19(14(16)11-3-6-18-7-4-11)15(20)12-5-8-21-13(12)9-17/h3-4,6-7,12-14H,5,8-10,17H2,1-2H3. The molecule has 5 nitrogen and oxygen atoms in total. The topological polar surface area (TPSA) is 68.5 Å². The summed E-state index contributed by atoms with van der Waals surface area (Å²) in [7, 11) is 0. The number of hydrogen-bond donors (Lipinski definition) is 1. The lowest BCUT2D eigenvalue weighted by Gasteiger charge is -2.55. The average Bonchev–Trinajstić information content (AvgIpc) is 2.94. The Balaban J connectivity index is 1.81. The largest absolute Gasteiger partial charge is 0.376 e. The lowest BCUT2D eigenvalue weighted by atomic mass is 9.71. The van der Waals surface area contributed by atoms with Crippen LogP contribution in [0.5, 0.6) is 0 Å². The predicted molar refractivity (Wildman–Crippen MR) is 79.4 cm³/mol. The highest BCUT2D eigenvalue weighted by molar-refractivity contribution is 5.81. The molecule has 1 aromatic rings. The van der Waals surface area contributed by atoms with Crippen LogP contribution in [0.15, 0.2) is 24.5 Å². The fourth-order valence-corrected chi connectivity index (χ4v) is 3.68. The van der Waals surface area contributed by atoms with E-state index in [1.54, 1.807) is 12.4 Å². The second-order valence-electron chi connectivity index (χ2n) is 6.68. The van der Waals surface area contributed by atoms with Gasteiger partial charge in [-0.3, -0.25) is 9.78 Å². The van der Waals surface area contributed by atoms with Gasteiger partial charge < -0.3 is 15.4 Å². The first-order valence-electron chi connectivity index (χ1n) is 7.56. The molecule has 0 aromatic carbocycles. The SMILES string of the molecule is CC1(C)CN(C(=O)C2CCOC2CN)C1c1ccncc1. The molecule has 1 amide bonds. The maximum Gasteiger partial charge on any atom is 0.228 e. The molecule has 21 heavy (non-hydrogen) atoms. The van der Waals surface area contributed by atoms with Crippen molar-refractivity contribution >= 4 is 5.91 Å². The molecule has 2 saturated heterocycles. The molecule has 0 radical (unpaired) electrons. The van der Waals surface area contributed by atoms with Crippen LogP contribution in [-0.2, 0) is 9.53 Å². The summed E-state index contributed by atoms with van der Waals surface area (Å²) in [6, 6.07) is 4.11. The number of carbonyl (C=O) groups is 1. The van der Waals surface area contributed by atoms with E-state index in [1.165, 1.54) is 0 Å². The highest BCUT2D eigenvalue weighted by Gasteiger charge is 2.51. The van der Waals surface area contributed by atoms with Crippen molar-refractivity contribution in [1.29, 1.82) is 0 Å². The van der Waals surface area contributed by atoms with Gasteiger partial charge in [0.25, 0.3) is 0 Å². The first-order valence-corrected chi connectivity index (χ1v) is 7.56. The number of carbonyl (C=O) groups excluding carboxylic acids is 1. The summed E-state index contributed by atoms with van der Waals surface area (Å²) < 4.78 is 5.57. The Hall–Kier alpha value is -1.46. The number of hydrogen-bond acceptors (Lipinski definition) is 4.